The summed E-state index contributed by atoms with van der Waals surface area (Å²) in [6.45, 7) is 0. The Morgan fingerprint density at radius 2 is 0.345 bits per heavy atom. The van der Waals surface area contributed by atoms with Crippen LogP contribution in [0.15, 0.2) is 273 Å². The average molecular weight is 1070 g/mol. The number of benzene rings is 13. The third-order valence-corrected chi connectivity index (χ3v) is 20.2. The number of phenolic OH excluding ortho intramolecular Hbond substituents is 3. The maximum atomic E-state index is 11.4. The molecule has 3 N–H and O–H groups in total. The second-order valence-corrected chi connectivity index (χ2v) is 23.8. The molecule has 6 aliphatic carbocycles. The summed E-state index contributed by atoms with van der Waals surface area (Å²) < 4.78 is 0. The molecule has 0 aromatic heterocycles. The maximum Gasteiger partial charge on any atom is 0.115 e. The zero-order chi connectivity index (χ0) is 55.4. The molecule has 3 spiro atoms. The second-order valence-electron chi connectivity index (χ2n) is 23.8. The van der Waals surface area contributed by atoms with Crippen molar-refractivity contribution < 1.29 is 15.3 Å². The molecule has 0 saturated heterocycles. The fourth-order valence-corrected chi connectivity index (χ4v) is 17.0. The van der Waals surface area contributed by atoms with Gasteiger partial charge in [-0.3, -0.25) is 0 Å². The number of aromatic hydroxyl groups is 3. The summed E-state index contributed by atoms with van der Waals surface area (Å²) in [5.74, 6) is 0.754. The van der Waals surface area contributed by atoms with Gasteiger partial charge in [-0.1, -0.05) is 200 Å². The molecular formula is C81H48O3. The molecular weight excluding hydrogens is 1020 g/mol. The molecule has 0 amide bonds. The average Bonchev–Trinajstić information content (AvgIpc) is 1.61. The minimum atomic E-state index is -0.662. The summed E-state index contributed by atoms with van der Waals surface area (Å²) >= 11 is 0. The van der Waals surface area contributed by atoms with Gasteiger partial charge in [0, 0.05) is 0 Å². The molecule has 3 unspecified atom stereocenters. The number of hydrogen-bond acceptors (Lipinski definition) is 3. The Morgan fingerprint density at radius 1 is 0.155 bits per heavy atom. The SMILES string of the molecule is Oc1ccc2c(c1)C1(c3ccccc3-2)c2ccccc2-c2ccc(-c3cc(-c4ccc5c(c4)C4(c6ccccc6-c6ccc(O)cc64)c4ccccc4-5)cc(-c4ccc5c(c4)C4(c6ccccc6-c6ccc(O)cc64)c4ccccc4-5)c3)cc21. The predicted octanol–water partition coefficient (Wildman–Crippen LogP) is 18.8. The standard InChI is InChI=1S/C81H48O3/c82-52-28-34-64-58-16-4-10-22-70(58)79(76(64)43-52)67-19-7-1-13-55(67)61-31-25-46(40-73(61)79)49-37-50(47-26-32-62-56-14-2-8-20-68(56)80(74(62)41-47)71-23-11-5-17-59(71)65-35-29-53(83)44-77(65)80)39-51(38-49)48-27-33-63-57-15-3-9-21-69(57)81(75(63)42-48)72-24-12-6-18-60(72)66-36-30-54(84)45-78(66)81/h1-45,82-84H. The summed E-state index contributed by atoms with van der Waals surface area (Å²) in [5.41, 5.74) is 32.9. The van der Waals surface area contributed by atoms with Gasteiger partial charge in [-0.2, -0.15) is 0 Å². The summed E-state index contributed by atoms with van der Waals surface area (Å²) in [7, 11) is 0. The topological polar surface area (TPSA) is 60.7 Å². The summed E-state index contributed by atoms with van der Waals surface area (Å²) in [4.78, 5) is 0. The highest BCUT2D eigenvalue weighted by Crippen LogP contribution is 2.67. The Bertz CT molecular complexity index is 4600. The normalized spacial score (nSPS) is 18.3. The van der Waals surface area contributed by atoms with Gasteiger partial charge in [0.15, 0.2) is 0 Å². The lowest BCUT2D eigenvalue weighted by molar-refractivity contribution is 0.473. The molecule has 19 rings (SSSR count). The molecule has 0 fully saturated rings. The van der Waals surface area contributed by atoms with Crippen LogP contribution in [0.1, 0.15) is 66.8 Å². The van der Waals surface area contributed by atoms with Crippen molar-refractivity contribution in [2.75, 3.05) is 0 Å². The molecule has 3 heteroatoms. The number of hydrogen-bond donors (Lipinski definition) is 3. The number of rotatable bonds is 3. The van der Waals surface area contributed by atoms with Crippen LogP contribution in [0.2, 0.25) is 0 Å². The molecule has 0 heterocycles. The van der Waals surface area contributed by atoms with Gasteiger partial charge in [0.2, 0.25) is 0 Å². The minimum absolute atomic E-state index is 0.251. The van der Waals surface area contributed by atoms with Crippen LogP contribution >= 0.6 is 0 Å². The van der Waals surface area contributed by atoms with Crippen LogP contribution in [0.4, 0.5) is 0 Å². The van der Waals surface area contributed by atoms with E-state index in [-0.39, 0.29) is 17.2 Å². The van der Waals surface area contributed by atoms with E-state index in [9.17, 15) is 15.3 Å². The van der Waals surface area contributed by atoms with Crippen molar-refractivity contribution in [2.45, 2.75) is 16.2 Å². The Balaban J connectivity index is 0.873. The Labute approximate surface area is 486 Å². The monoisotopic (exact) mass is 1070 g/mol. The second kappa shape index (κ2) is 16.0. The van der Waals surface area contributed by atoms with Crippen LogP contribution < -0.4 is 0 Å². The van der Waals surface area contributed by atoms with E-state index in [1.54, 1.807) is 0 Å². The first-order valence-electron chi connectivity index (χ1n) is 29.0. The van der Waals surface area contributed by atoms with Crippen molar-refractivity contribution in [1.29, 1.82) is 0 Å². The van der Waals surface area contributed by atoms with Crippen molar-refractivity contribution in [3.05, 3.63) is 340 Å². The molecule has 0 radical (unpaired) electrons. The van der Waals surface area contributed by atoms with Gasteiger partial charge < -0.3 is 15.3 Å². The number of fused-ring (bicyclic) bond motifs is 30. The highest BCUT2D eigenvalue weighted by molar-refractivity contribution is 6.01. The highest BCUT2D eigenvalue weighted by atomic mass is 16.3. The molecule has 390 valence electrons. The fraction of sp³-hybridized carbons (Fsp3) is 0.0370. The van der Waals surface area contributed by atoms with E-state index in [2.05, 4.69) is 237 Å². The summed E-state index contributed by atoms with van der Waals surface area (Å²) in [6.07, 6.45) is 0. The first kappa shape index (κ1) is 45.9. The van der Waals surface area contributed by atoms with E-state index < -0.39 is 16.2 Å². The van der Waals surface area contributed by atoms with Crippen LogP contribution in [-0.2, 0) is 16.2 Å². The first-order valence-corrected chi connectivity index (χ1v) is 29.0. The van der Waals surface area contributed by atoms with Gasteiger partial charge in [-0.25, -0.2) is 0 Å². The Hall–Kier alpha value is -10.7. The van der Waals surface area contributed by atoms with Gasteiger partial charge in [0.1, 0.15) is 17.2 Å². The summed E-state index contributed by atoms with van der Waals surface area (Å²) in [6, 6.07) is 99.0. The van der Waals surface area contributed by atoms with Crippen molar-refractivity contribution in [2.24, 2.45) is 0 Å². The van der Waals surface area contributed by atoms with E-state index in [1.165, 1.54) is 100 Å². The van der Waals surface area contributed by atoms with Crippen molar-refractivity contribution in [3.63, 3.8) is 0 Å². The molecule has 3 nitrogen and oxygen atoms in total. The van der Waals surface area contributed by atoms with Gasteiger partial charge >= 0.3 is 0 Å². The Kier molecular flexibility index (Phi) is 8.77. The first-order chi connectivity index (χ1) is 41.3. The van der Waals surface area contributed by atoms with Crippen LogP contribution in [-0.4, -0.2) is 15.3 Å². The molecule has 13 aromatic rings. The van der Waals surface area contributed by atoms with Crippen molar-refractivity contribution in [1.82, 2.24) is 0 Å². The zero-order valence-corrected chi connectivity index (χ0v) is 45.3. The van der Waals surface area contributed by atoms with E-state index in [0.717, 1.165) is 66.8 Å². The predicted molar refractivity (Wildman–Crippen MR) is 337 cm³/mol. The quantitative estimate of drug-likeness (QED) is 0.165. The van der Waals surface area contributed by atoms with E-state index >= 15 is 0 Å². The lowest BCUT2D eigenvalue weighted by Gasteiger charge is -2.31. The van der Waals surface area contributed by atoms with Gasteiger partial charge in [0.05, 0.1) is 16.2 Å². The van der Waals surface area contributed by atoms with Gasteiger partial charge in [-0.05, 0) is 240 Å². The maximum absolute atomic E-state index is 11.4. The lowest BCUT2D eigenvalue weighted by Crippen LogP contribution is -2.26. The third-order valence-electron chi connectivity index (χ3n) is 20.2. The zero-order valence-electron chi connectivity index (χ0n) is 45.3. The molecule has 0 bridgehead atoms. The lowest BCUT2D eigenvalue weighted by atomic mass is 9.70. The van der Waals surface area contributed by atoms with E-state index in [0.29, 0.717) is 0 Å². The smallest absolute Gasteiger partial charge is 0.115 e. The van der Waals surface area contributed by atoms with Crippen molar-refractivity contribution >= 4 is 0 Å². The molecule has 13 aromatic carbocycles. The number of phenols is 3. The van der Waals surface area contributed by atoms with Crippen molar-refractivity contribution in [3.8, 4) is 117 Å². The van der Waals surface area contributed by atoms with Crippen LogP contribution in [0.5, 0.6) is 17.2 Å². The summed E-state index contributed by atoms with van der Waals surface area (Å²) in [5, 5.41) is 34.1. The fourth-order valence-electron chi connectivity index (χ4n) is 17.0. The van der Waals surface area contributed by atoms with E-state index in [1.807, 2.05) is 36.4 Å². The van der Waals surface area contributed by atoms with Crippen LogP contribution in [0.3, 0.4) is 0 Å². The third kappa shape index (κ3) is 5.48. The van der Waals surface area contributed by atoms with Gasteiger partial charge in [-0.15, -0.1) is 0 Å². The minimum Gasteiger partial charge on any atom is -0.508 e. The molecule has 3 atom stereocenters. The van der Waals surface area contributed by atoms with Crippen LogP contribution in [0.25, 0.3) is 100 Å². The highest BCUT2D eigenvalue weighted by Gasteiger charge is 2.55. The Morgan fingerprint density at radius 3 is 0.583 bits per heavy atom. The van der Waals surface area contributed by atoms with E-state index in [4.69, 9.17) is 0 Å². The molecule has 0 saturated carbocycles. The largest absolute Gasteiger partial charge is 0.508 e. The van der Waals surface area contributed by atoms with Gasteiger partial charge in [0.25, 0.3) is 0 Å². The molecule has 6 aliphatic rings. The molecule has 0 aliphatic heterocycles. The molecule has 84 heavy (non-hydrogen) atoms. The van der Waals surface area contributed by atoms with Crippen LogP contribution in [0, 0.1) is 0 Å².